The number of nitrogens with two attached hydrogens (primary N) is 1. The minimum Gasteiger partial charge on any atom is -0.394 e. The highest BCUT2D eigenvalue weighted by atomic mass is 19.1. The Bertz CT molecular complexity index is 323. The van der Waals surface area contributed by atoms with Crippen molar-refractivity contribution in [2.45, 2.75) is 18.9 Å². The van der Waals surface area contributed by atoms with Gasteiger partial charge in [0.15, 0.2) is 0 Å². The Morgan fingerprint density at radius 3 is 2.43 bits per heavy atom. The third kappa shape index (κ3) is 1.57. The Hall–Kier alpha value is -1.16. The summed E-state index contributed by atoms with van der Waals surface area (Å²) >= 11 is 0. The van der Waals surface area contributed by atoms with E-state index in [9.17, 15) is 8.78 Å². The Morgan fingerprint density at radius 1 is 1.29 bits per heavy atom. The first-order chi connectivity index (χ1) is 6.68. The van der Waals surface area contributed by atoms with Crippen molar-refractivity contribution in [3.05, 3.63) is 29.3 Å². The smallest absolute Gasteiger partial charge is 0.149 e. The lowest BCUT2D eigenvalue weighted by Gasteiger charge is -2.11. The number of hydrogen-bond donors (Lipinski definition) is 2. The fourth-order valence-electron chi connectivity index (χ4n) is 1.77. The lowest BCUT2D eigenvalue weighted by atomic mass is 10.0. The first-order valence-electron chi connectivity index (χ1n) is 4.66. The summed E-state index contributed by atoms with van der Waals surface area (Å²) in [6, 6.07) is 2.68. The summed E-state index contributed by atoms with van der Waals surface area (Å²) in [4.78, 5) is 0. The predicted octanol–water partition coefficient (Wildman–Crippen LogP) is 1.97. The van der Waals surface area contributed by atoms with Crippen molar-refractivity contribution < 1.29 is 8.78 Å². The summed E-state index contributed by atoms with van der Waals surface area (Å²) in [6.07, 6.45) is 1.96. The zero-order chi connectivity index (χ0) is 10.1. The van der Waals surface area contributed by atoms with Crippen LogP contribution < -0.4 is 11.1 Å². The molecule has 1 heterocycles. The van der Waals surface area contributed by atoms with Gasteiger partial charge in [0, 0.05) is 6.04 Å². The SMILES string of the molecule is Nc1c(F)cc(C2CCCN2)cc1F. The van der Waals surface area contributed by atoms with Crippen LogP contribution >= 0.6 is 0 Å². The number of halogens is 2. The van der Waals surface area contributed by atoms with Crippen LogP contribution in [0.3, 0.4) is 0 Å². The number of rotatable bonds is 1. The second-order valence-electron chi connectivity index (χ2n) is 3.55. The van der Waals surface area contributed by atoms with Crippen LogP contribution in [0.1, 0.15) is 24.4 Å². The molecule has 1 fully saturated rings. The van der Waals surface area contributed by atoms with Crippen LogP contribution in [-0.4, -0.2) is 6.54 Å². The molecule has 1 atom stereocenters. The summed E-state index contributed by atoms with van der Waals surface area (Å²) < 4.78 is 26.2. The van der Waals surface area contributed by atoms with Crippen molar-refractivity contribution in [3.8, 4) is 0 Å². The summed E-state index contributed by atoms with van der Waals surface area (Å²) in [5.41, 5.74) is 5.43. The molecule has 76 valence electrons. The van der Waals surface area contributed by atoms with Crippen LogP contribution in [0.15, 0.2) is 12.1 Å². The molecule has 1 aromatic carbocycles. The van der Waals surface area contributed by atoms with Crippen molar-refractivity contribution in [3.63, 3.8) is 0 Å². The molecule has 0 saturated carbocycles. The van der Waals surface area contributed by atoms with Crippen LogP contribution in [0, 0.1) is 11.6 Å². The summed E-state index contributed by atoms with van der Waals surface area (Å²) in [7, 11) is 0. The Kier molecular flexibility index (Phi) is 2.37. The van der Waals surface area contributed by atoms with Gasteiger partial charge in [-0.15, -0.1) is 0 Å². The lowest BCUT2D eigenvalue weighted by molar-refractivity contribution is 0.572. The molecule has 0 spiro atoms. The number of nitrogens with one attached hydrogen (secondary N) is 1. The minimum absolute atomic E-state index is 0.0691. The molecule has 3 N–H and O–H groups in total. The molecule has 4 heteroatoms. The molecule has 1 aliphatic rings. The van der Waals surface area contributed by atoms with E-state index < -0.39 is 17.3 Å². The molecule has 2 nitrogen and oxygen atoms in total. The molecule has 14 heavy (non-hydrogen) atoms. The molecule has 0 radical (unpaired) electrons. The zero-order valence-electron chi connectivity index (χ0n) is 7.69. The molecule has 0 aliphatic carbocycles. The van der Waals surface area contributed by atoms with E-state index in [1.54, 1.807) is 0 Å². The third-order valence-corrected chi connectivity index (χ3v) is 2.56. The number of hydrogen-bond acceptors (Lipinski definition) is 2. The average molecular weight is 198 g/mol. The van der Waals surface area contributed by atoms with Gasteiger partial charge in [0.05, 0.1) is 0 Å². The second kappa shape index (κ2) is 3.53. The highest BCUT2D eigenvalue weighted by Crippen LogP contribution is 2.26. The maximum Gasteiger partial charge on any atom is 0.149 e. The van der Waals surface area contributed by atoms with E-state index in [2.05, 4.69) is 5.32 Å². The second-order valence-corrected chi connectivity index (χ2v) is 3.55. The highest BCUT2D eigenvalue weighted by Gasteiger charge is 2.18. The Morgan fingerprint density at radius 2 is 1.93 bits per heavy atom. The van der Waals surface area contributed by atoms with E-state index >= 15 is 0 Å². The van der Waals surface area contributed by atoms with Gasteiger partial charge in [-0.2, -0.15) is 0 Å². The van der Waals surface area contributed by atoms with E-state index in [1.165, 1.54) is 12.1 Å². The maximum atomic E-state index is 13.1. The molecule has 1 saturated heterocycles. The zero-order valence-corrected chi connectivity index (χ0v) is 7.69. The minimum atomic E-state index is -0.673. The van der Waals surface area contributed by atoms with Crippen LogP contribution in [0.5, 0.6) is 0 Å². The van der Waals surface area contributed by atoms with Crippen LogP contribution in [0.25, 0.3) is 0 Å². The molecule has 2 rings (SSSR count). The molecule has 0 aromatic heterocycles. The Balaban J connectivity index is 2.34. The van der Waals surface area contributed by atoms with Gasteiger partial charge in [-0.05, 0) is 37.1 Å². The predicted molar refractivity (Wildman–Crippen MR) is 50.7 cm³/mol. The van der Waals surface area contributed by atoms with Crippen LogP contribution in [0.4, 0.5) is 14.5 Å². The monoisotopic (exact) mass is 198 g/mol. The van der Waals surface area contributed by atoms with E-state index in [0.717, 1.165) is 19.4 Å². The average Bonchev–Trinajstić information content (AvgIpc) is 2.66. The molecule has 0 bridgehead atoms. The first-order valence-corrected chi connectivity index (χ1v) is 4.66. The molecule has 1 aliphatic heterocycles. The van der Waals surface area contributed by atoms with E-state index in [1.807, 2.05) is 0 Å². The van der Waals surface area contributed by atoms with Gasteiger partial charge in [-0.25, -0.2) is 8.78 Å². The highest BCUT2D eigenvalue weighted by molar-refractivity contribution is 5.44. The normalized spacial score (nSPS) is 21.4. The van der Waals surface area contributed by atoms with E-state index in [0.29, 0.717) is 5.56 Å². The van der Waals surface area contributed by atoms with Gasteiger partial charge in [0.1, 0.15) is 17.3 Å². The van der Waals surface area contributed by atoms with E-state index in [4.69, 9.17) is 5.73 Å². The van der Waals surface area contributed by atoms with Crippen molar-refractivity contribution in [1.82, 2.24) is 5.32 Å². The van der Waals surface area contributed by atoms with Gasteiger partial charge >= 0.3 is 0 Å². The summed E-state index contributed by atoms with van der Waals surface area (Å²) in [6.45, 7) is 0.901. The lowest BCUT2D eigenvalue weighted by Crippen LogP contribution is -2.13. The molecular weight excluding hydrogens is 186 g/mol. The van der Waals surface area contributed by atoms with Gasteiger partial charge in [-0.3, -0.25) is 0 Å². The molecule has 1 aromatic rings. The number of nitrogen functional groups attached to an aromatic ring is 1. The standard InChI is InChI=1S/C10H12F2N2/c11-7-4-6(5-8(12)10(7)13)9-2-1-3-14-9/h4-5,9,14H,1-3,13H2. The maximum absolute atomic E-state index is 13.1. The fraction of sp³-hybridized carbons (Fsp3) is 0.400. The van der Waals surface area contributed by atoms with Crippen molar-refractivity contribution in [2.75, 3.05) is 12.3 Å². The van der Waals surface area contributed by atoms with Gasteiger partial charge in [0.2, 0.25) is 0 Å². The van der Waals surface area contributed by atoms with E-state index in [-0.39, 0.29) is 6.04 Å². The number of anilines is 1. The van der Waals surface area contributed by atoms with Crippen molar-refractivity contribution >= 4 is 5.69 Å². The van der Waals surface area contributed by atoms with Crippen LogP contribution in [0.2, 0.25) is 0 Å². The number of benzene rings is 1. The Labute approximate surface area is 81.1 Å². The molecule has 1 unspecified atom stereocenters. The van der Waals surface area contributed by atoms with Crippen molar-refractivity contribution in [1.29, 1.82) is 0 Å². The largest absolute Gasteiger partial charge is 0.394 e. The first kappa shape index (κ1) is 9.40. The molecular formula is C10H12F2N2. The van der Waals surface area contributed by atoms with Crippen LogP contribution in [-0.2, 0) is 0 Å². The summed E-state index contributed by atoms with van der Waals surface area (Å²) in [5, 5.41) is 3.17. The quantitative estimate of drug-likeness (QED) is 0.677. The molecule has 0 amide bonds. The fourth-order valence-corrected chi connectivity index (χ4v) is 1.77. The van der Waals surface area contributed by atoms with Crippen molar-refractivity contribution in [2.24, 2.45) is 0 Å². The van der Waals surface area contributed by atoms with Gasteiger partial charge in [0.25, 0.3) is 0 Å². The van der Waals surface area contributed by atoms with Gasteiger partial charge < -0.3 is 11.1 Å². The topological polar surface area (TPSA) is 38.0 Å². The summed E-state index contributed by atoms with van der Waals surface area (Å²) in [5.74, 6) is -1.34. The van der Waals surface area contributed by atoms with Gasteiger partial charge in [-0.1, -0.05) is 0 Å². The third-order valence-electron chi connectivity index (χ3n) is 2.56.